The molecule has 1 N–H and O–H groups in total. The minimum Gasteiger partial charge on any atom is -0.468 e. The normalized spacial score (nSPS) is 12.9. The van der Waals surface area contributed by atoms with Crippen LogP contribution in [-0.2, 0) is 14.3 Å². The van der Waals surface area contributed by atoms with E-state index >= 15 is 0 Å². The van der Waals surface area contributed by atoms with Gasteiger partial charge in [-0.2, -0.15) is 0 Å². The molecular formula is C10H22N2O3. The number of likely N-dealkylation sites (N-methyl/N-ethyl adjacent to an activating group) is 2. The Morgan fingerprint density at radius 1 is 1.47 bits per heavy atom. The van der Waals surface area contributed by atoms with Crippen LogP contribution in [0.15, 0.2) is 0 Å². The Labute approximate surface area is 91.7 Å². The van der Waals surface area contributed by atoms with E-state index in [2.05, 4.69) is 5.32 Å². The highest BCUT2D eigenvalue weighted by Crippen LogP contribution is 1.93. The quantitative estimate of drug-likeness (QED) is 0.568. The topological polar surface area (TPSA) is 50.8 Å². The standard InChI is InChI=1S/C10H22N2O3/c1-5-11-9(10(13)15-4)8-12(2)6-7-14-3/h9,11H,5-8H2,1-4H3. The van der Waals surface area contributed by atoms with Gasteiger partial charge in [0, 0.05) is 20.2 Å². The number of hydrogen-bond donors (Lipinski definition) is 1. The van der Waals surface area contributed by atoms with Gasteiger partial charge < -0.3 is 19.7 Å². The molecule has 0 saturated heterocycles. The summed E-state index contributed by atoms with van der Waals surface area (Å²) >= 11 is 0. The van der Waals surface area contributed by atoms with Crippen LogP contribution in [0.3, 0.4) is 0 Å². The van der Waals surface area contributed by atoms with Gasteiger partial charge in [0.25, 0.3) is 0 Å². The van der Waals surface area contributed by atoms with Crippen LogP contribution in [0.25, 0.3) is 0 Å². The molecule has 0 bridgehead atoms. The van der Waals surface area contributed by atoms with Gasteiger partial charge in [0.05, 0.1) is 13.7 Å². The van der Waals surface area contributed by atoms with Crippen molar-refractivity contribution in [1.29, 1.82) is 0 Å². The SMILES string of the molecule is CCNC(CN(C)CCOC)C(=O)OC. The van der Waals surface area contributed by atoms with Gasteiger partial charge in [-0.3, -0.25) is 4.79 Å². The molecule has 1 atom stereocenters. The zero-order valence-corrected chi connectivity index (χ0v) is 10.1. The third kappa shape index (κ3) is 6.43. The first-order valence-electron chi connectivity index (χ1n) is 5.14. The molecule has 0 amide bonds. The van der Waals surface area contributed by atoms with Crippen molar-refractivity contribution in [3.05, 3.63) is 0 Å². The summed E-state index contributed by atoms with van der Waals surface area (Å²) in [7, 11) is 5.02. The minimum atomic E-state index is -0.262. The number of methoxy groups -OCH3 is 2. The van der Waals surface area contributed by atoms with Gasteiger partial charge in [-0.25, -0.2) is 0 Å². The van der Waals surface area contributed by atoms with Gasteiger partial charge in [0.1, 0.15) is 6.04 Å². The number of hydrogen-bond acceptors (Lipinski definition) is 5. The molecule has 0 radical (unpaired) electrons. The van der Waals surface area contributed by atoms with Gasteiger partial charge in [-0.15, -0.1) is 0 Å². The summed E-state index contributed by atoms with van der Waals surface area (Å²) in [5, 5.41) is 3.08. The molecule has 15 heavy (non-hydrogen) atoms. The first-order chi connectivity index (χ1) is 7.15. The monoisotopic (exact) mass is 218 g/mol. The van der Waals surface area contributed by atoms with E-state index in [1.807, 2.05) is 18.9 Å². The van der Waals surface area contributed by atoms with E-state index in [0.29, 0.717) is 13.2 Å². The summed E-state index contributed by atoms with van der Waals surface area (Å²) in [4.78, 5) is 13.4. The van der Waals surface area contributed by atoms with Crippen molar-refractivity contribution in [3.8, 4) is 0 Å². The number of esters is 1. The maximum atomic E-state index is 11.4. The second-order valence-corrected chi connectivity index (χ2v) is 3.39. The number of nitrogens with one attached hydrogen (secondary N) is 1. The molecular weight excluding hydrogens is 196 g/mol. The van der Waals surface area contributed by atoms with Gasteiger partial charge in [-0.05, 0) is 13.6 Å². The molecule has 0 aromatic carbocycles. The lowest BCUT2D eigenvalue weighted by Gasteiger charge is -2.22. The first kappa shape index (κ1) is 14.3. The highest BCUT2D eigenvalue weighted by Gasteiger charge is 2.19. The number of carbonyl (C=O) groups excluding carboxylic acids is 1. The highest BCUT2D eigenvalue weighted by molar-refractivity contribution is 5.75. The zero-order valence-electron chi connectivity index (χ0n) is 10.1. The fourth-order valence-corrected chi connectivity index (χ4v) is 1.26. The van der Waals surface area contributed by atoms with Gasteiger partial charge in [-0.1, -0.05) is 6.92 Å². The molecule has 0 aliphatic carbocycles. The minimum absolute atomic E-state index is 0.221. The lowest BCUT2D eigenvalue weighted by molar-refractivity contribution is -0.143. The van der Waals surface area contributed by atoms with Crippen molar-refractivity contribution in [1.82, 2.24) is 10.2 Å². The van der Waals surface area contributed by atoms with Crippen LogP contribution in [0, 0.1) is 0 Å². The Bertz CT molecular complexity index is 176. The van der Waals surface area contributed by atoms with Crippen molar-refractivity contribution in [2.75, 3.05) is 47.5 Å². The average molecular weight is 218 g/mol. The number of nitrogens with zero attached hydrogens (tertiary/aromatic N) is 1. The molecule has 90 valence electrons. The van der Waals surface area contributed by atoms with Crippen LogP contribution >= 0.6 is 0 Å². The predicted molar refractivity (Wildman–Crippen MR) is 58.9 cm³/mol. The molecule has 0 aromatic heterocycles. The van der Waals surface area contributed by atoms with Crippen LogP contribution in [0.1, 0.15) is 6.92 Å². The van der Waals surface area contributed by atoms with E-state index in [9.17, 15) is 4.79 Å². The second kappa shape index (κ2) is 8.64. The predicted octanol–water partition coefficient (Wildman–Crippen LogP) is -0.284. The fraction of sp³-hybridized carbons (Fsp3) is 0.900. The van der Waals surface area contributed by atoms with E-state index in [4.69, 9.17) is 9.47 Å². The maximum absolute atomic E-state index is 11.4. The first-order valence-corrected chi connectivity index (χ1v) is 5.14. The number of carbonyl (C=O) groups is 1. The molecule has 5 heteroatoms. The zero-order chi connectivity index (χ0) is 11.7. The van der Waals surface area contributed by atoms with Crippen LogP contribution in [0.5, 0.6) is 0 Å². The summed E-state index contributed by atoms with van der Waals surface area (Å²) in [6.07, 6.45) is 0. The molecule has 5 nitrogen and oxygen atoms in total. The van der Waals surface area contributed by atoms with Crippen molar-refractivity contribution in [3.63, 3.8) is 0 Å². The Morgan fingerprint density at radius 2 is 2.13 bits per heavy atom. The molecule has 0 aromatic rings. The number of ether oxygens (including phenoxy) is 2. The van der Waals surface area contributed by atoms with Crippen LogP contribution in [0.2, 0.25) is 0 Å². The lowest BCUT2D eigenvalue weighted by atomic mass is 10.2. The average Bonchev–Trinajstić information content (AvgIpc) is 2.24. The Balaban J connectivity index is 3.97. The summed E-state index contributed by atoms with van der Waals surface area (Å²) in [5.41, 5.74) is 0. The Kier molecular flexibility index (Phi) is 8.27. The molecule has 0 aliphatic heterocycles. The third-order valence-corrected chi connectivity index (χ3v) is 2.11. The molecule has 0 spiro atoms. The van der Waals surface area contributed by atoms with E-state index in [0.717, 1.165) is 13.1 Å². The van der Waals surface area contributed by atoms with Crippen molar-refractivity contribution in [2.24, 2.45) is 0 Å². The molecule has 0 fully saturated rings. The molecule has 0 heterocycles. The molecule has 1 unspecified atom stereocenters. The maximum Gasteiger partial charge on any atom is 0.324 e. The summed E-state index contributed by atoms with van der Waals surface area (Å²) < 4.78 is 9.67. The molecule has 0 aliphatic rings. The van der Waals surface area contributed by atoms with E-state index < -0.39 is 0 Å². The van der Waals surface area contributed by atoms with E-state index in [1.54, 1.807) is 7.11 Å². The summed E-state index contributed by atoms with van der Waals surface area (Å²) in [6.45, 7) is 4.80. The van der Waals surface area contributed by atoms with Crippen LogP contribution in [0.4, 0.5) is 0 Å². The smallest absolute Gasteiger partial charge is 0.324 e. The second-order valence-electron chi connectivity index (χ2n) is 3.39. The van der Waals surface area contributed by atoms with Crippen LogP contribution in [-0.4, -0.2) is 64.4 Å². The molecule has 0 saturated carbocycles. The molecule has 0 rings (SSSR count). The summed E-state index contributed by atoms with van der Waals surface area (Å²) in [6, 6.07) is -0.262. The van der Waals surface area contributed by atoms with Gasteiger partial charge in [0.2, 0.25) is 0 Å². The Morgan fingerprint density at radius 3 is 2.60 bits per heavy atom. The summed E-state index contributed by atoms with van der Waals surface area (Å²) in [5.74, 6) is -0.221. The van der Waals surface area contributed by atoms with Crippen molar-refractivity contribution < 1.29 is 14.3 Å². The van der Waals surface area contributed by atoms with Crippen LogP contribution < -0.4 is 5.32 Å². The number of rotatable bonds is 8. The van der Waals surface area contributed by atoms with Gasteiger partial charge in [0.15, 0.2) is 0 Å². The van der Waals surface area contributed by atoms with Crippen molar-refractivity contribution in [2.45, 2.75) is 13.0 Å². The lowest BCUT2D eigenvalue weighted by Crippen LogP contribution is -2.46. The highest BCUT2D eigenvalue weighted by atomic mass is 16.5. The third-order valence-electron chi connectivity index (χ3n) is 2.11. The van der Waals surface area contributed by atoms with Crippen molar-refractivity contribution >= 4 is 5.97 Å². The van der Waals surface area contributed by atoms with E-state index in [1.165, 1.54) is 7.11 Å². The Hall–Kier alpha value is -0.650. The van der Waals surface area contributed by atoms with E-state index in [-0.39, 0.29) is 12.0 Å². The fourth-order valence-electron chi connectivity index (χ4n) is 1.26. The van der Waals surface area contributed by atoms with Gasteiger partial charge >= 0.3 is 5.97 Å². The largest absolute Gasteiger partial charge is 0.468 e.